The normalized spacial score (nSPS) is 24.9. The zero-order valence-electron chi connectivity index (χ0n) is 16.1. The Morgan fingerprint density at radius 3 is 2.89 bits per heavy atom. The van der Waals surface area contributed by atoms with Crippen LogP contribution in [0.15, 0.2) is 10.6 Å². The smallest absolute Gasteiger partial charge is 0.410 e. The van der Waals surface area contributed by atoms with E-state index in [0.29, 0.717) is 13.1 Å². The summed E-state index contributed by atoms with van der Waals surface area (Å²) in [6.07, 6.45) is 3.03. The van der Waals surface area contributed by atoms with Crippen molar-refractivity contribution in [1.82, 2.24) is 20.3 Å². The minimum atomic E-state index is -0.425. The van der Waals surface area contributed by atoms with E-state index >= 15 is 0 Å². The van der Waals surface area contributed by atoms with E-state index < -0.39 is 5.60 Å². The van der Waals surface area contributed by atoms with Crippen LogP contribution in [0.4, 0.5) is 4.79 Å². The molecule has 8 heteroatoms. The van der Waals surface area contributed by atoms with Crippen LogP contribution in [0.5, 0.6) is 0 Å². The van der Waals surface area contributed by atoms with Crippen molar-refractivity contribution in [2.75, 3.05) is 32.7 Å². The largest absolute Gasteiger partial charge is 0.441 e. The number of carbonyl (C=O) groups is 2. The molecule has 3 aliphatic heterocycles. The Morgan fingerprint density at radius 2 is 2.19 bits per heavy atom. The maximum atomic E-state index is 12.9. The Balaban J connectivity index is 1.42. The first-order chi connectivity index (χ1) is 13.0. The molecule has 148 valence electrons. The van der Waals surface area contributed by atoms with Crippen LogP contribution in [0.2, 0.25) is 0 Å². The summed E-state index contributed by atoms with van der Waals surface area (Å²) in [5.74, 6) is 1.05. The van der Waals surface area contributed by atoms with Crippen molar-refractivity contribution in [1.29, 1.82) is 0 Å². The highest BCUT2D eigenvalue weighted by atomic mass is 16.6. The van der Waals surface area contributed by atoms with E-state index in [0.717, 1.165) is 50.2 Å². The van der Waals surface area contributed by atoms with Gasteiger partial charge in [-0.15, -0.1) is 0 Å². The summed E-state index contributed by atoms with van der Waals surface area (Å²) in [7, 11) is 0. The molecule has 4 heterocycles. The van der Waals surface area contributed by atoms with Gasteiger partial charge in [0.25, 0.3) is 0 Å². The molecule has 0 radical (unpaired) electrons. The molecule has 1 atom stereocenters. The maximum Gasteiger partial charge on any atom is 0.410 e. The molecule has 2 amide bonds. The number of amides is 2. The summed E-state index contributed by atoms with van der Waals surface area (Å²) < 4.78 is 11.1. The third kappa shape index (κ3) is 3.54. The van der Waals surface area contributed by atoms with Gasteiger partial charge >= 0.3 is 6.09 Å². The molecule has 3 saturated heterocycles. The van der Waals surface area contributed by atoms with Crippen LogP contribution in [0.25, 0.3) is 0 Å². The number of ether oxygens (including phenoxy) is 1. The molecular formula is C19H28N4O4. The molecule has 3 fully saturated rings. The third-order valence-corrected chi connectivity index (χ3v) is 5.91. The van der Waals surface area contributed by atoms with Crippen molar-refractivity contribution in [3.05, 3.63) is 17.5 Å². The quantitative estimate of drug-likeness (QED) is 0.865. The highest BCUT2D eigenvalue weighted by molar-refractivity contribution is 5.83. The van der Waals surface area contributed by atoms with Gasteiger partial charge in [-0.3, -0.25) is 9.69 Å². The van der Waals surface area contributed by atoms with Crippen molar-refractivity contribution >= 4 is 12.0 Å². The highest BCUT2D eigenvalue weighted by Crippen LogP contribution is 2.34. The first kappa shape index (κ1) is 18.3. The van der Waals surface area contributed by atoms with E-state index in [1.54, 1.807) is 4.90 Å². The van der Waals surface area contributed by atoms with E-state index in [1.807, 2.05) is 11.0 Å². The molecule has 27 heavy (non-hydrogen) atoms. The standard InChI is InChI=1S/C19H28N4O4/c1-13(2)16-10-14(21-27-16)15-4-3-9-23(15)17(24)11-22-12-19(26-18(22)25)5-7-20-8-6-19/h10,13,15,20H,3-9,11-12H2,1-2H3. The second kappa shape index (κ2) is 7.14. The molecule has 1 aromatic heterocycles. The average molecular weight is 376 g/mol. The number of likely N-dealkylation sites (tertiary alicyclic amines) is 1. The van der Waals surface area contributed by atoms with Crippen molar-refractivity contribution in [3.63, 3.8) is 0 Å². The van der Waals surface area contributed by atoms with Crippen LogP contribution in [-0.4, -0.2) is 65.3 Å². The predicted molar refractivity (Wildman–Crippen MR) is 97.2 cm³/mol. The molecule has 8 nitrogen and oxygen atoms in total. The maximum absolute atomic E-state index is 12.9. The average Bonchev–Trinajstić information content (AvgIpc) is 3.35. The lowest BCUT2D eigenvalue weighted by Crippen LogP contribution is -2.46. The Bertz CT molecular complexity index is 710. The van der Waals surface area contributed by atoms with Gasteiger partial charge in [-0.2, -0.15) is 0 Å². The Hall–Kier alpha value is -2.09. The van der Waals surface area contributed by atoms with Gasteiger partial charge in [0.1, 0.15) is 23.6 Å². The van der Waals surface area contributed by atoms with Gasteiger partial charge in [-0.05, 0) is 25.9 Å². The number of rotatable bonds is 4. The Morgan fingerprint density at radius 1 is 1.41 bits per heavy atom. The van der Waals surface area contributed by atoms with Gasteiger partial charge in [0.2, 0.25) is 5.91 Å². The second-order valence-electron chi connectivity index (χ2n) is 8.21. The number of hydrogen-bond acceptors (Lipinski definition) is 6. The number of piperidine rings is 1. The first-order valence-corrected chi connectivity index (χ1v) is 9.92. The van der Waals surface area contributed by atoms with Gasteiger partial charge < -0.3 is 19.5 Å². The lowest BCUT2D eigenvalue weighted by Gasteiger charge is -2.31. The zero-order valence-corrected chi connectivity index (χ0v) is 16.1. The SMILES string of the molecule is CC(C)c1cc(C2CCCN2C(=O)CN2CC3(CCNCC3)OC2=O)no1. The molecule has 0 aromatic carbocycles. The van der Waals surface area contributed by atoms with Gasteiger partial charge in [-0.1, -0.05) is 19.0 Å². The van der Waals surface area contributed by atoms with Crippen LogP contribution in [0.1, 0.15) is 62.9 Å². The molecule has 1 aromatic rings. The van der Waals surface area contributed by atoms with Gasteiger partial charge in [0.05, 0.1) is 12.6 Å². The van der Waals surface area contributed by atoms with Gasteiger partial charge in [0.15, 0.2) is 0 Å². The van der Waals surface area contributed by atoms with Crippen molar-refractivity contribution in [2.45, 2.75) is 57.1 Å². The van der Waals surface area contributed by atoms with Gasteiger partial charge in [-0.25, -0.2) is 4.79 Å². The molecular weight excluding hydrogens is 348 g/mol. The van der Waals surface area contributed by atoms with E-state index in [9.17, 15) is 9.59 Å². The summed E-state index contributed by atoms with van der Waals surface area (Å²) in [5.41, 5.74) is 0.383. The summed E-state index contributed by atoms with van der Waals surface area (Å²) in [5, 5.41) is 7.47. The minimum absolute atomic E-state index is 0.0467. The first-order valence-electron chi connectivity index (χ1n) is 9.92. The molecule has 0 bridgehead atoms. The van der Waals surface area contributed by atoms with Crippen molar-refractivity contribution < 1.29 is 18.8 Å². The zero-order chi connectivity index (χ0) is 19.0. The number of aromatic nitrogens is 1. The lowest BCUT2D eigenvalue weighted by molar-refractivity contribution is -0.132. The van der Waals surface area contributed by atoms with E-state index in [-0.39, 0.29) is 30.5 Å². The number of hydrogen-bond donors (Lipinski definition) is 1. The number of nitrogens with one attached hydrogen (secondary N) is 1. The molecule has 4 rings (SSSR count). The van der Waals surface area contributed by atoms with Crippen LogP contribution < -0.4 is 5.32 Å². The molecule has 1 spiro atoms. The van der Waals surface area contributed by atoms with Crippen LogP contribution >= 0.6 is 0 Å². The minimum Gasteiger partial charge on any atom is -0.441 e. The fraction of sp³-hybridized carbons (Fsp3) is 0.737. The topological polar surface area (TPSA) is 87.9 Å². The highest BCUT2D eigenvalue weighted by Gasteiger charge is 2.46. The van der Waals surface area contributed by atoms with Crippen LogP contribution in [0, 0.1) is 0 Å². The summed E-state index contributed by atoms with van der Waals surface area (Å²) in [6, 6.07) is 1.88. The lowest BCUT2D eigenvalue weighted by atomic mass is 9.92. The Kier molecular flexibility index (Phi) is 4.84. The van der Waals surface area contributed by atoms with E-state index in [4.69, 9.17) is 9.26 Å². The van der Waals surface area contributed by atoms with Crippen molar-refractivity contribution in [3.8, 4) is 0 Å². The van der Waals surface area contributed by atoms with E-state index in [2.05, 4.69) is 24.3 Å². The van der Waals surface area contributed by atoms with Crippen molar-refractivity contribution in [2.24, 2.45) is 0 Å². The summed E-state index contributed by atoms with van der Waals surface area (Å²) in [4.78, 5) is 28.7. The number of nitrogens with zero attached hydrogens (tertiary/aromatic N) is 3. The second-order valence-corrected chi connectivity index (χ2v) is 8.21. The molecule has 0 saturated carbocycles. The van der Waals surface area contributed by atoms with Gasteiger partial charge in [0, 0.05) is 31.4 Å². The van der Waals surface area contributed by atoms with Crippen LogP contribution in [0.3, 0.4) is 0 Å². The summed E-state index contributed by atoms with van der Waals surface area (Å²) in [6.45, 7) is 7.04. The summed E-state index contributed by atoms with van der Waals surface area (Å²) >= 11 is 0. The molecule has 1 unspecified atom stereocenters. The van der Waals surface area contributed by atoms with E-state index in [1.165, 1.54) is 0 Å². The third-order valence-electron chi connectivity index (χ3n) is 5.91. The molecule has 3 aliphatic rings. The fourth-order valence-corrected chi connectivity index (χ4v) is 4.32. The predicted octanol–water partition coefficient (Wildman–Crippen LogP) is 2.04. The molecule has 1 N–H and O–H groups in total. The Labute approximate surface area is 159 Å². The number of carbonyl (C=O) groups excluding carboxylic acids is 2. The monoisotopic (exact) mass is 376 g/mol. The van der Waals surface area contributed by atoms with Crippen LogP contribution in [-0.2, 0) is 9.53 Å². The fourth-order valence-electron chi connectivity index (χ4n) is 4.32. The molecule has 0 aliphatic carbocycles.